The number of nitrogens with zero attached hydrogens (tertiary/aromatic N) is 1. The van der Waals surface area contributed by atoms with Crippen molar-refractivity contribution in [1.82, 2.24) is 10.2 Å². The minimum atomic E-state index is -0.781. The zero-order valence-electron chi connectivity index (χ0n) is 12.4. The van der Waals surface area contributed by atoms with E-state index in [0.717, 1.165) is 19.4 Å². The Morgan fingerprint density at radius 1 is 1.30 bits per heavy atom. The fourth-order valence-electron chi connectivity index (χ4n) is 2.96. The summed E-state index contributed by atoms with van der Waals surface area (Å²) in [5.41, 5.74) is -0.447. The smallest absolute Gasteiger partial charge is 0.410 e. The number of piperidine rings is 1. The first-order chi connectivity index (χ1) is 9.21. The van der Waals surface area contributed by atoms with E-state index < -0.39 is 17.6 Å². The van der Waals surface area contributed by atoms with Gasteiger partial charge in [0.25, 0.3) is 0 Å². The van der Waals surface area contributed by atoms with Gasteiger partial charge >= 0.3 is 12.1 Å². The SMILES string of the molecule is CC(C)(C)OC(=O)N1CCC2(CC1)CNC(C(=O)O)C2. The van der Waals surface area contributed by atoms with Crippen LogP contribution in [0.5, 0.6) is 0 Å². The Balaban J connectivity index is 1.87. The quantitative estimate of drug-likeness (QED) is 0.762. The van der Waals surface area contributed by atoms with E-state index in [1.807, 2.05) is 20.8 Å². The summed E-state index contributed by atoms with van der Waals surface area (Å²) in [5.74, 6) is -0.781. The van der Waals surface area contributed by atoms with Gasteiger partial charge in [0.05, 0.1) is 0 Å². The highest BCUT2D eigenvalue weighted by Crippen LogP contribution is 2.39. The predicted octanol–water partition coefficient (Wildman–Crippen LogP) is 1.45. The van der Waals surface area contributed by atoms with Gasteiger partial charge in [-0.3, -0.25) is 4.79 Å². The molecule has 2 rings (SSSR count). The van der Waals surface area contributed by atoms with E-state index in [9.17, 15) is 9.59 Å². The summed E-state index contributed by atoms with van der Waals surface area (Å²) in [6, 6.07) is -0.442. The maximum absolute atomic E-state index is 12.0. The van der Waals surface area contributed by atoms with Crippen molar-refractivity contribution in [2.45, 2.75) is 51.7 Å². The molecular weight excluding hydrogens is 260 g/mol. The highest BCUT2D eigenvalue weighted by Gasteiger charge is 2.44. The van der Waals surface area contributed by atoms with E-state index in [1.54, 1.807) is 4.90 Å². The summed E-state index contributed by atoms with van der Waals surface area (Å²) in [4.78, 5) is 24.7. The monoisotopic (exact) mass is 284 g/mol. The molecule has 1 unspecified atom stereocenters. The fourth-order valence-corrected chi connectivity index (χ4v) is 2.96. The Labute approximate surface area is 119 Å². The van der Waals surface area contributed by atoms with Crippen LogP contribution in [0.15, 0.2) is 0 Å². The molecule has 0 radical (unpaired) electrons. The summed E-state index contributed by atoms with van der Waals surface area (Å²) < 4.78 is 5.36. The van der Waals surface area contributed by atoms with Crippen LogP contribution in [0.25, 0.3) is 0 Å². The molecule has 2 fully saturated rings. The largest absolute Gasteiger partial charge is 0.480 e. The first-order valence-corrected chi connectivity index (χ1v) is 7.15. The van der Waals surface area contributed by atoms with Gasteiger partial charge in [-0.05, 0) is 45.4 Å². The molecule has 1 atom stereocenters. The van der Waals surface area contributed by atoms with Gasteiger partial charge in [-0.25, -0.2) is 4.79 Å². The van der Waals surface area contributed by atoms with Gasteiger partial charge in [-0.1, -0.05) is 0 Å². The first kappa shape index (κ1) is 15.1. The Morgan fingerprint density at radius 2 is 1.90 bits per heavy atom. The van der Waals surface area contributed by atoms with Crippen LogP contribution in [0.2, 0.25) is 0 Å². The third kappa shape index (κ3) is 3.42. The lowest BCUT2D eigenvalue weighted by molar-refractivity contribution is -0.139. The summed E-state index contributed by atoms with van der Waals surface area (Å²) in [7, 11) is 0. The van der Waals surface area contributed by atoms with E-state index in [1.165, 1.54) is 0 Å². The topological polar surface area (TPSA) is 78.9 Å². The highest BCUT2D eigenvalue weighted by molar-refractivity contribution is 5.74. The van der Waals surface area contributed by atoms with Crippen molar-refractivity contribution < 1.29 is 19.4 Å². The number of likely N-dealkylation sites (tertiary alicyclic amines) is 1. The average molecular weight is 284 g/mol. The van der Waals surface area contributed by atoms with Gasteiger partial charge in [-0.15, -0.1) is 0 Å². The number of amides is 1. The maximum Gasteiger partial charge on any atom is 0.410 e. The third-order valence-corrected chi connectivity index (χ3v) is 4.13. The van der Waals surface area contributed by atoms with E-state index in [2.05, 4.69) is 5.32 Å². The second kappa shape index (κ2) is 5.24. The molecule has 1 spiro atoms. The molecule has 0 aromatic rings. The molecule has 0 aliphatic carbocycles. The zero-order chi connectivity index (χ0) is 15.0. The molecule has 20 heavy (non-hydrogen) atoms. The van der Waals surface area contributed by atoms with Gasteiger partial charge in [-0.2, -0.15) is 0 Å². The molecule has 2 saturated heterocycles. The van der Waals surface area contributed by atoms with Gasteiger partial charge in [0.1, 0.15) is 11.6 Å². The molecular formula is C14H24N2O4. The molecule has 6 nitrogen and oxygen atoms in total. The molecule has 2 aliphatic heterocycles. The normalized spacial score (nSPS) is 25.8. The van der Waals surface area contributed by atoms with Gasteiger partial charge in [0, 0.05) is 19.6 Å². The Kier molecular flexibility index (Phi) is 3.95. The van der Waals surface area contributed by atoms with E-state index in [0.29, 0.717) is 19.5 Å². The molecule has 6 heteroatoms. The Hall–Kier alpha value is -1.30. The van der Waals surface area contributed by atoms with Crippen molar-refractivity contribution >= 4 is 12.1 Å². The van der Waals surface area contributed by atoms with Gasteiger partial charge in [0.2, 0.25) is 0 Å². The molecule has 0 aromatic carbocycles. The molecule has 1 amide bonds. The summed E-state index contributed by atoms with van der Waals surface area (Å²) in [5, 5.41) is 12.1. The lowest BCUT2D eigenvalue weighted by Crippen LogP contribution is -2.45. The summed E-state index contributed by atoms with van der Waals surface area (Å²) in [6.45, 7) is 7.58. The van der Waals surface area contributed by atoms with Crippen molar-refractivity contribution in [3.05, 3.63) is 0 Å². The van der Waals surface area contributed by atoms with Crippen molar-refractivity contribution in [3.8, 4) is 0 Å². The van der Waals surface area contributed by atoms with E-state index >= 15 is 0 Å². The van der Waals surface area contributed by atoms with Gasteiger partial charge in [0.15, 0.2) is 0 Å². The van der Waals surface area contributed by atoms with Crippen molar-refractivity contribution in [3.63, 3.8) is 0 Å². The zero-order valence-corrected chi connectivity index (χ0v) is 12.4. The van der Waals surface area contributed by atoms with Crippen LogP contribution in [-0.4, -0.2) is 53.3 Å². The minimum absolute atomic E-state index is 0.0293. The Morgan fingerprint density at radius 3 is 2.35 bits per heavy atom. The molecule has 114 valence electrons. The van der Waals surface area contributed by atoms with Crippen molar-refractivity contribution in [2.24, 2.45) is 5.41 Å². The second-order valence-electron chi connectivity index (χ2n) is 6.94. The summed E-state index contributed by atoms with van der Waals surface area (Å²) >= 11 is 0. The number of carbonyl (C=O) groups is 2. The third-order valence-electron chi connectivity index (χ3n) is 4.13. The van der Waals surface area contributed by atoms with Crippen molar-refractivity contribution in [2.75, 3.05) is 19.6 Å². The van der Waals surface area contributed by atoms with Crippen LogP contribution >= 0.6 is 0 Å². The number of aliphatic carboxylic acids is 1. The number of carboxylic acids is 1. The fraction of sp³-hybridized carbons (Fsp3) is 0.857. The maximum atomic E-state index is 12.0. The van der Waals surface area contributed by atoms with Crippen LogP contribution in [0.3, 0.4) is 0 Å². The van der Waals surface area contributed by atoms with Crippen LogP contribution in [0.1, 0.15) is 40.0 Å². The lowest BCUT2D eigenvalue weighted by Gasteiger charge is -2.39. The number of hydrogen-bond donors (Lipinski definition) is 2. The Bertz CT molecular complexity index is 394. The van der Waals surface area contributed by atoms with Crippen LogP contribution in [0.4, 0.5) is 4.79 Å². The van der Waals surface area contributed by atoms with E-state index in [-0.39, 0.29) is 11.5 Å². The summed E-state index contributed by atoms with van der Waals surface area (Å²) in [6.07, 6.45) is 2.06. The first-order valence-electron chi connectivity index (χ1n) is 7.15. The molecule has 0 aromatic heterocycles. The molecule has 0 bridgehead atoms. The van der Waals surface area contributed by atoms with Gasteiger partial charge < -0.3 is 20.1 Å². The number of rotatable bonds is 1. The molecule has 2 N–H and O–H groups in total. The lowest BCUT2D eigenvalue weighted by atomic mass is 9.76. The van der Waals surface area contributed by atoms with Crippen LogP contribution in [0, 0.1) is 5.41 Å². The highest BCUT2D eigenvalue weighted by atomic mass is 16.6. The number of hydrogen-bond acceptors (Lipinski definition) is 4. The predicted molar refractivity (Wildman–Crippen MR) is 73.5 cm³/mol. The molecule has 2 aliphatic rings. The molecule has 0 saturated carbocycles. The number of carbonyl (C=O) groups excluding carboxylic acids is 1. The van der Waals surface area contributed by atoms with Crippen LogP contribution in [-0.2, 0) is 9.53 Å². The standard InChI is InChI=1S/C14H24N2O4/c1-13(2,3)20-12(19)16-6-4-14(5-7-16)8-10(11(17)18)15-9-14/h10,15H,4-9H2,1-3H3,(H,17,18). The average Bonchev–Trinajstić information content (AvgIpc) is 2.72. The van der Waals surface area contributed by atoms with Crippen molar-refractivity contribution in [1.29, 1.82) is 0 Å². The number of ether oxygens (including phenoxy) is 1. The second-order valence-corrected chi connectivity index (χ2v) is 6.94. The minimum Gasteiger partial charge on any atom is -0.480 e. The molecule has 2 heterocycles. The number of carboxylic acid groups (broad SMARTS) is 1. The van der Waals surface area contributed by atoms with Crippen LogP contribution < -0.4 is 5.32 Å². The van der Waals surface area contributed by atoms with E-state index in [4.69, 9.17) is 9.84 Å². The number of nitrogens with one attached hydrogen (secondary N) is 1.